The molecule has 0 saturated heterocycles. The second-order valence-electron chi connectivity index (χ2n) is 18.2. The minimum Gasteiger partial charge on any atom is -0.462 e. The largest absolute Gasteiger partial charge is 0.462 e. The Morgan fingerprint density at radius 2 is 0.590 bits per heavy atom. The van der Waals surface area contributed by atoms with Crippen LogP contribution < -0.4 is 0 Å². The van der Waals surface area contributed by atoms with Crippen LogP contribution in [0.15, 0.2) is 24.3 Å². The molecule has 0 aromatic carbocycles. The normalized spacial score (nSPS) is 12.1. The summed E-state index contributed by atoms with van der Waals surface area (Å²) < 4.78 is 16.8. The summed E-state index contributed by atoms with van der Waals surface area (Å²) in [4.78, 5) is 37.9. The first kappa shape index (κ1) is 58.9. The molecule has 61 heavy (non-hydrogen) atoms. The maximum Gasteiger partial charge on any atom is 0.306 e. The molecule has 1 atom stereocenters. The molecule has 0 unspecified atom stereocenters. The third kappa shape index (κ3) is 48.8. The van der Waals surface area contributed by atoms with Gasteiger partial charge in [-0.25, -0.2) is 0 Å². The molecule has 0 bridgehead atoms. The van der Waals surface area contributed by atoms with E-state index in [9.17, 15) is 14.4 Å². The zero-order valence-electron chi connectivity index (χ0n) is 40.9. The van der Waals surface area contributed by atoms with Gasteiger partial charge in [-0.3, -0.25) is 14.4 Å². The quantitative estimate of drug-likeness (QED) is 0.0262. The fourth-order valence-electron chi connectivity index (χ4n) is 7.89. The molecule has 0 aliphatic rings. The third-order valence-corrected chi connectivity index (χ3v) is 12.0. The van der Waals surface area contributed by atoms with Gasteiger partial charge in [0.25, 0.3) is 0 Å². The van der Waals surface area contributed by atoms with Crippen molar-refractivity contribution < 1.29 is 28.6 Å². The molecule has 0 spiro atoms. The number of rotatable bonds is 49. The average molecular weight is 859 g/mol. The molecule has 0 fully saturated rings. The summed E-state index contributed by atoms with van der Waals surface area (Å²) in [5.74, 6) is -0.864. The van der Waals surface area contributed by atoms with E-state index in [0.717, 1.165) is 70.6 Å². The summed E-state index contributed by atoms with van der Waals surface area (Å²) in [6.45, 7) is 6.62. The van der Waals surface area contributed by atoms with Gasteiger partial charge >= 0.3 is 17.9 Å². The van der Waals surface area contributed by atoms with Crippen molar-refractivity contribution in [3.63, 3.8) is 0 Å². The molecule has 0 amide bonds. The van der Waals surface area contributed by atoms with Crippen LogP contribution in [0.5, 0.6) is 0 Å². The molecule has 0 rings (SSSR count). The van der Waals surface area contributed by atoms with Crippen molar-refractivity contribution in [1.29, 1.82) is 0 Å². The monoisotopic (exact) mass is 859 g/mol. The number of hydrogen-bond acceptors (Lipinski definition) is 6. The number of allylic oxidation sites excluding steroid dienone is 4. The highest BCUT2D eigenvalue weighted by Gasteiger charge is 2.19. The average Bonchev–Trinajstić information content (AvgIpc) is 3.26. The van der Waals surface area contributed by atoms with Crippen LogP contribution in [-0.2, 0) is 28.6 Å². The molecule has 0 aromatic rings. The smallest absolute Gasteiger partial charge is 0.306 e. The summed E-state index contributed by atoms with van der Waals surface area (Å²) in [5.41, 5.74) is 0. The molecular formula is C55H102O6. The van der Waals surface area contributed by atoms with Gasteiger partial charge in [-0.15, -0.1) is 0 Å². The van der Waals surface area contributed by atoms with Crippen molar-refractivity contribution in [2.75, 3.05) is 13.2 Å². The van der Waals surface area contributed by atoms with Gasteiger partial charge in [-0.05, 0) is 51.4 Å². The topological polar surface area (TPSA) is 78.9 Å². The van der Waals surface area contributed by atoms with Crippen molar-refractivity contribution in [3.05, 3.63) is 24.3 Å². The first-order valence-corrected chi connectivity index (χ1v) is 26.8. The second kappa shape index (κ2) is 50.5. The van der Waals surface area contributed by atoms with E-state index in [1.165, 1.54) is 180 Å². The van der Waals surface area contributed by atoms with Gasteiger partial charge < -0.3 is 14.2 Å². The predicted octanol–water partition coefficient (Wildman–Crippen LogP) is 17.5. The van der Waals surface area contributed by atoms with Crippen LogP contribution in [0.4, 0.5) is 0 Å². The SMILES string of the molecule is CCCCC/C=C\C/C=C\CCCCCCCCCC(=O)OC[C@@H](COC(=O)CCCCCCCCCCC)OC(=O)CCCCCCCCCCCCCCCCCCC. The lowest BCUT2D eigenvalue weighted by Crippen LogP contribution is -2.30. The first-order valence-electron chi connectivity index (χ1n) is 26.8. The molecule has 0 radical (unpaired) electrons. The summed E-state index contributed by atoms with van der Waals surface area (Å²) in [7, 11) is 0. The van der Waals surface area contributed by atoms with E-state index in [1.807, 2.05) is 0 Å². The zero-order valence-corrected chi connectivity index (χ0v) is 40.9. The minimum atomic E-state index is -0.767. The van der Waals surface area contributed by atoms with E-state index in [4.69, 9.17) is 14.2 Å². The predicted molar refractivity (Wildman–Crippen MR) is 261 cm³/mol. The summed E-state index contributed by atoms with van der Waals surface area (Å²) in [6, 6.07) is 0. The maximum absolute atomic E-state index is 12.8. The fraction of sp³-hybridized carbons (Fsp3) is 0.873. The summed E-state index contributed by atoms with van der Waals surface area (Å²) in [6.07, 6.45) is 57.4. The van der Waals surface area contributed by atoms with Crippen molar-refractivity contribution in [2.24, 2.45) is 0 Å². The zero-order chi connectivity index (χ0) is 44.4. The van der Waals surface area contributed by atoms with E-state index >= 15 is 0 Å². The molecule has 0 saturated carbocycles. The molecule has 0 N–H and O–H groups in total. The Bertz CT molecular complexity index is 989. The Kier molecular flexibility index (Phi) is 48.8. The molecule has 6 nitrogen and oxygen atoms in total. The van der Waals surface area contributed by atoms with Gasteiger partial charge in [0.15, 0.2) is 6.10 Å². The van der Waals surface area contributed by atoms with Crippen LogP contribution in [0.25, 0.3) is 0 Å². The molecule has 358 valence electrons. The summed E-state index contributed by atoms with van der Waals surface area (Å²) >= 11 is 0. The Hall–Kier alpha value is -2.11. The lowest BCUT2D eigenvalue weighted by Gasteiger charge is -2.18. The number of ether oxygens (including phenoxy) is 3. The molecule has 0 aliphatic carbocycles. The lowest BCUT2D eigenvalue weighted by atomic mass is 10.0. The highest BCUT2D eigenvalue weighted by atomic mass is 16.6. The maximum atomic E-state index is 12.8. The van der Waals surface area contributed by atoms with E-state index in [0.29, 0.717) is 19.3 Å². The van der Waals surface area contributed by atoms with E-state index in [-0.39, 0.29) is 31.1 Å². The van der Waals surface area contributed by atoms with Crippen molar-refractivity contribution in [2.45, 2.75) is 297 Å². The van der Waals surface area contributed by atoms with Crippen molar-refractivity contribution >= 4 is 17.9 Å². The Labute approximate surface area is 379 Å². The number of hydrogen-bond donors (Lipinski definition) is 0. The van der Waals surface area contributed by atoms with Crippen molar-refractivity contribution in [3.8, 4) is 0 Å². The number of carbonyl (C=O) groups is 3. The van der Waals surface area contributed by atoms with Crippen LogP contribution in [-0.4, -0.2) is 37.2 Å². The van der Waals surface area contributed by atoms with Crippen LogP contribution in [0.1, 0.15) is 290 Å². The van der Waals surface area contributed by atoms with Gasteiger partial charge in [0, 0.05) is 19.3 Å². The Morgan fingerprint density at radius 3 is 0.934 bits per heavy atom. The van der Waals surface area contributed by atoms with Gasteiger partial charge in [0.05, 0.1) is 0 Å². The second-order valence-corrected chi connectivity index (χ2v) is 18.2. The van der Waals surface area contributed by atoms with Crippen LogP contribution in [0.2, 0.25) is 0 Å². The highest BCUT2D eigenvalue weighted by Crippen LogP contribution is 2.16. The van der Waals surface area contributed by atoms with Crippen LogP contribution in [0, 0.1) is 0 Å². The van der Waals surface area contributed by atoms with Crippen molar-refractivity contribution in [1.82, 2.24) is 0 Å². The molecule has 0 heterocycles. The Balaban J connectivity index is 4.28. The highest BCUT2D eigenvalue weighted by molar-refractivity contribution is 5.71. The summed E-state index contributed by atoms with van der Waals surface area (Å²) in [5, 5.41) is 0. The molecule has 0 aromatic heterocycles. The van der Waals surface area contributed by atoms with Gasteiger partial charge in [-0.2, -0.15) is 0 Å². The molecule has 6 heteroatoms. The number of carbonyl (C=O) groups excluding carboxylic acids is 3. The number of esters is 3. The fourth-order valence-corrected chi connectivity index (χ4v) is 7.89. The first-order chi connectivity index (χ1) is 30.0. The lowest BCUT2D eigenvalue weighted by molar-refractivity contribution is -0.167. The molecular weight excluding hydrogens is 757 g/mol. The van der Waals surface area contributed by atoms with Gasteiger partial charge in [-0.1, -0.05) is 244 Å². The van der Waals surface area contributed by atoms with E-state index < -0.39 is 6.10 Å². The van der Waals surface area contributed by atoms with Gasteiger partial charge in [0.1, 0.15) is 13.2 Å². The standard InChI is InChI=1S/C55H102O6/c1-4-7-10-13-16-19-21-23-25-27-29-31-33-36-39-42-45-48-54(57)60-51-52(50-59-53(56)47-44-41-38-35-18-15-12-9-6-3)61-55(58)49-46-43-40-37-34-32-30-28-26-24-22-20-17-14-11-8-5-2/h16,19,23,25,52H,4-15,17-18,20-22,24,26-51H2,1-3H3/b19-16-,25-23-/t52-/m1/s1. The molecule has 0 aliphatic heterocycles. The minimum absolute atomic E-state index is 0.0692. The van der Waals surface area contributed by atoms with Crippen LogP contribution in [0.3, 0.4) is 0 Å². The van der Waals surface area contributed by atoms with Crippen LogP contribution >= 0.6 is 0 Å². The number of unbranched alkanes of at least 4 members (excludes halogenated alkanes) is 34. The Morgan fingerprint density at radius 1 is 0.328 bits per heavy atom. The van der Waals surface area contributed by atoms with E-state index in [2.05, 4.69) is 45.1 Å². The third-order valence-electron chi connectivity index (χ3n) is 12.0. The van der Waals surface area contributed by atoms with E-state index in [1.54, 1.807) is 0 Å². The van der Waals surface area contributed by atoms with Gasteiger partial charge in [0.2, 0.25) is 0 Å².